The van der Waals surface area contributed by atoms with Crippen molar-refractivity contribution in [1.29, 1.82) is 0 Å². The Labute approximate surface area is 158 Å². The Morgan fingerprint density at radius 1 is 0.920 bits per heavy atom. The van der Waals surface area contributed by atoms with E-state index in [4.69, 9.17) is 8.85 Å². The third kappa shape index (κ3) is 4.60. The van der Waals surface area contributed by atoms with E-state index in [9.17, 15) is 0 Å². The lowest BCUT2D eigenvalue weighted by atomic mass is 9.95. The molecule has 1 aliphatic heterocycles. The zero-order valence-electron chi connectivity index (χ0n) is 18.5. The second kappa shape index (κ2) is 6.73. The van der Waals surface area contributed by atoms with E-state index < -0.39 is 16.6 Å². The van der Waals surface area contributed by atoms with Crippen LogP contribution in [0, 0.1) is 5.92 Å². The second-order valence-corrected chi connectivity index (χ2v) is 21.0. The largest absolute Gasteiger partial charge is 0.411 e. The second-order valence-electron chi connectivity index (χ2n) is 11.5. The number of hydrogen-bond acceptors (Lipinski definition) is 3. The summed E-state index contributed by atoms with van der Waals surface area (Å²) in [6.07, 6.45) is 3.84. The van der Waals surface area contributed by atoms with Gasteiger partial charge in [0.05, 0.1) is 11.7 Å². The molecule has 0 spiro atoms. The maximum absolute atomic E-state index is 7.07. The molecule has 1 saturated heterocycles. The van der Waals surface area contributed by atoms with Gasteiger partial charge in [0.15, 0.2) is 16.6 Å². The van der Waals surface area contributed by atoms with E-state index in [0.717, 1.165) is 13.1 Å². The molecule has 1 aliphatic carbocycles. The van der Waals surface area contributed by atoms with Gasteiger partial charge in [0.1, 0.15) is 0 Å². The van der Waals surface area contributed by atoms with Crippen molar-refractivity contribution in [3.8, 4) is 0 Å². The SMILES string of the molecule is CC(C)(C)[Si](C)(C)OC(C1CCNC1)C1(O[Si](C)(C)C(C)(C)C)CC1. The summed E-state index contributed by atoms with van der Waals surface area (Å²) in [6.45, 7) is 25.8. The zero-order valence-corrected chi connectivity index (χ0v) is 20.5. The average Bonchev–Trinajstić information content (AvgIpc) is 2.97. The molecule has 0 aromatic carbocycles. The van der Waals surface area contributed by atoms with E-state index >= 15 is 0 Å². The molecule has 0 aromatic heterocycles. The van der Waals surface area contributed by atoms with Gasteiger partial charge >= 0.3 is 0 Å². The topological polar surface area (TPSA) is 30.5 Å². The summed E-state index contributed by atoms with van der Waals surface area (Å²) in [5.41, 5.74) is -0.0186. The van der Waals surface area contributed by atoms with Crippen LogP contribution in [0.4, 0.5) is 0 Å². The van der Waals surface area contributed by atoms with Crippen molar-refractivity contribution < 1.29 is 8.85 Å². The summed E-state index contributed by atoms with van der Waals surface area (Å²) in [5.74, 6) is 0.599. The molecule has 2 aliphatic rings. The number of nitrogens with one attached hydrogen (secondary N) is 1. The van der Waals surface area contributed by atoms with E-state index in [0.29, 0.717) is 5.92 Å². The number of rotatable bonds is 6. The molecule has 0 bridgehead atoms. The van der Waals surface area contributed by atoms with Crippen molar-refractivity contribution in [2.24, 2.45) is 5.92 Å². The van der Waals surface area contributed by atoms with Crippen molar-refractivity contribution in [2.45, 2.75) is 109 Å². The lowest BCUT2D eigenvalue weighted by Crippen LogP contribution is -2.55. The van der Waals surface area contributed by atoms with Crippen molar-refractivity contribution >= 4 is 16.6 Å². The molecule has 2 rings (SSSR count). The fourth-order valence-electron chi connectivity index (χ4n) is 3.29. The van der Waals surface area contributed by atoms with E-state index in [-0.39, 0.29) is 21.8 Å². The standard InChI is InChI=1S/C20H43NO2Si2/c1-18(2,3)24(7,8)22-17(16-11-14-21-15-16)20(12-13-20)23-25(9,10)19(4,5)6/h16-17,21H,11-15H2,1-10H3. The quantitative estimate of drug-likeness (QED) is 0.609. The molecule has 5 heteroatoms. The van der Waals surface area contributed by atoms with Crippen LogP contribution >= 0.6 is 0 Å². The number of hydrogen-bond donors (Lipinski definition) is 1. The summed E-state index contributed by atoms with van der Waals surface area (Å²) in [7, 11) is -3.62. The normalized spacial score (nSPS) is 25.9. The summed E-state index contributed by atoms with van der Waals surface area (Å²) < 4.78 is 14.1. The first kappa shape index (κ1) is 21.6. The summed E-state index contributed by atoms with van der Waals surface area (Å²) in [6, 6.07) is 0. The Hall–Kier alpha value is 0.314. The Bertz CT molecular complexity index is 467. The summed E-state index contributed by atoms with van der Waals surface area (Å²) in [4.78, 5) is 0. The molecule has 3 nitrogen and oxygen atoms in total. The summed E-state index contributed by atoms with van der Waals surface area (Å²) >= 11 is 0. The van der Waals surface area contributed by atoms with Gasteiger partial charge in [-0.15, -0.1) is 0 Å². The Balaban J connectivity index is 2.27. The van der Waals surface area contributed by atoms with E-state index in [1.165, 1.54) is 19.3 Å². The van der Waals surface area contributed by atoms with E-state index in [2.05, 4.69) is 73.0 Å². The van der Waals surface area contributed by atoms with Crippen molar-refractivity contribution in [1.82, 2.24) is 5.32 Å². The highest BCUT2D eigenvalue weighted by Gasteiger charge is 2.60. The van der Waals surface area contributed by atoms with Crippen LogP contribution in [0.1, 0.15) is 60.8 Å². The molecule has 2 unspecified atom stereocenters. The fourth-order valence-corrected chi connectivity index (χ4v) is 6.33. The molecule has 1 saturated carbocycles. The minimum absolute atomic E-state index is 0.0186. The molecule has 2 atom stereocenters. The molecule has 148 valence electrons. The third-order valence-electron chi connectivity index (χ3n) is 7.28. The first-order valence-electron chi connectivity index (χ1n) is 10.2. The third-order valence-corrected chi connectivity index (χ3v) is 16.3. The molecule has 0 amide bonds. The molecule has 2 fully saturated rings. The molecule has 1 N–H and O–H groups in total. The zero-order chi connectivity index (χ0) is 19.3. The highest BCUT2D eigenvalue weighted by atomic mass is 28.4. The van der Waals surface area contributed by atoms with Gasteiger partial charge in [-0.05, 0) is 62.1 Å². The van der Waals surface area contributed by atoms with Crippen molar-refractivity contribution in [3.63, 3.8) is 0 Å². The smallest absolute Gasteiger partial charge is 0.192 e. The molecule has 1 heterocycles. The minimum atomic E-state index is -1.82. The van der Waals surface area contributed by atoms with Crippen LogP contribution in [-0.4, -0.2) is 41.4 Å². The van der Waals surface area contributed by atoms with Crippen LogP contribution in [0.2, 0.25) is 36.3 Å². The minimum Gasteiger partial charge on any atom is -0.411 e. The fraction of sp³-hybridized carbons (Fsp3) is 1.00. The van der Waals surface area contributed by atoms with Crippen LogP contribution in [-0.2, 0) is 8.85 Å². The van der Waals surface area contributed by atoms with Crippen LogP contribution in [0.5, 0.6) is 0 Å². The Kier molecular flexibility index (Phi) is 5.82. The lowest BCUT2D eigenvalue weighted by Gasteiger charge is -2.47. The molecule has 0 aromatic rings. The van der Waals surface area contributed by atoms with Crippen molar-refractivity contribution in [3.05, 3.63) is 0 Å². The highest BCUT2D eigenvalue weighted by Crippen LogP contribution is 2.54. The average molecular weight is 386 g/mol. The van der Waals surface area contributed by atoms with Gasteiger partial charge in [0, 0.05) is 12.5 Å². The van der Waals surface area contributed by atoms with E-state index in [1.807, 2.05) is 0 Å². The first-order valence-corrected chi connectivity index (χ1v) is 16.0. The van der Waals surface area contributed by atoms with Gasteiger partial charge < -0.3 is 14.2 Å². The van der Waals surface area contributed by atoms with Gasteiger partial charge in [0.25, 0.3) is 0 Å². The summed E-state index contributed by atoms with van der Waals surface area (Å²) in [5, 5.41) is 4.05. The molecular formula is C20H43NO2Si2. The van der Waals surface area contributed by atoms with Gasteiger partial charge in [-0.1, -0.05) is 41.5 Å². The van der Waals surface area contributed by atoms with Gasteiger partial charge in [-0.25, -0.2) is 0 Å². The maximum Gasteiger partial charge on any atom is 0.192 e. The van der Waals surface area contributed by atoms with Gasteiger partial charge in [-0.3, -0.25) is 0 Å². The predicted octanol–water partition coefficient (Wildman–Crippen LogP) is 5.54. The maximum atomic E-state index is 7.07. The predicted molar refractivity (Wildman–Crippen MR) is 113 cm³/mol. The molecule has 25 heavy (non-hydrogen) atoms. The van der Waals surface area contributed by atoms with Crippen molar-refractivity contribution in [2.75, 3.05) is 13.1 Å². The van der Waals surface area contributed by atoms with E-state index in [1.54, 1.807) is 0 Å². The van der Waals surface area contributed by atoms with Crippen LogP contribution in [0.15, 0.2) is 0 Å². The Morgan fingerprint density at radius 2 is 1.44 bits per heavy atom. The van der Waals surface area contributed by atoms with Crippen LogP contribution in [0.3, 0.4) is 0 Å². The highest BCUT2D eigenvalue weighted by molar-refractivity contribution is 6.74. The monoisotopic (exact) mass is 385 g/mol. The van der Waals surface area contributed by atoms with Crippen LogP contribution in [0.25, 0.3) is 0 Å². The van der Waals surface area contributed by atoms with Gasteiger partial charge in [-0.2, -0.15) is 0 Å². The lowest BCUT2D eigenvalue weighted by molar-refractivity contribution is -0.0139. The molecular weight excluding hydrogens is 342 g/mol. The molecule has 0 radical (unpaired) electrons. The Morgan fingerprint density at radius 3 is 1.80 bits per heavy atom. The first-order chi connectivity index (χ1) is 11.1. The van der Waals surface area contributed by atoms with Crippen LogP contribution < -0.4 is 5.32 Å². The van der Waals surface area contributed by atoms with Gasteiger partial charge in [0.2, 0.25) is 0 Å².